The number of likely N-dealkylation sites (tertiary alicyclic amines) is 1. The minimum Gasteiger partial charge on any atom is -0.379 e. The van der Waals surface area contributed by atoms with Crippen LogP contribution in [0.15, 0.2) is 6.07 Å². The van der Waals surface area contributed by atoms with E-state index in [0.29, 0.717) is 17.7 Å². The molecule has 6 nitrogen and oxygen atoms in total. The Morgan fingerprint density at radius 1 is 1.28 bits per heavy atom. The predicted octanol–water partition coefficient (Wildman–Crippen LogP) is 1.90. The van der Waals surface area contributed by atoms with Gasteiger partial charge in [-0.3, -0.25) is 14.4 Å². The van der Waals surface area contributed by atoms with Crippen LogP contribution >= 0.6 is 0 Å². The molecule has 3 rings (SSSR count). The fourth-order valence-electron chi connectivity index (χ4n) is 3.94. The lowest BCUT2D eigenvalue weighted by molar-refractivity contribution is 0.0102. The fraction of sp³-hybridized carbons (Fsp3) is 0.789. The van der Waals surface area contributed by atoms with E-state index in [1.807, 2.05) is 18.0 Å². The lowest BCUT2D eigenvalue weighted by atomic mass is 9.92. The van der Waals surface area contributed by atoms with Gasteiger partial charge in [0.15, 0.2) is 0 Å². The summed E-state index contributed by atoms with van der Waals surface area (Å²) in [5.41, 5.74) is 1.61. The zero-order valence-corrected chi connectivity index (χ0v) is 16.3. The van der Waals surface area contributed by atoms with Gasteiger partial charge in [0, 0.05) is 44.7 Å². The second kappa shape index (κ2) is 7.08. The summed E-state index contributed by atoms with van der Waals surface area (Å²) in [4.78, 5) is 17.7. The van der Waals surface area contributed by atoms with Crippen LogP contribution in [0.2, 0.25) is 0 Å². The summed E-state index contributed by atoms with van der Waals surface area (Å²) in [6.07, 6.45) is 1.10. The monoisotopic (exact) mass is 348 g/mol. The van der Waals surface area contributed by atoms with Crippen molar-refractivity contribution in [1.29, 1.82) is 0 Å². The highest BCUT2D eigenvalue weighted by molar-refractivity contribution is 5.93. The number of nitrogens with zero attached hydrogens (tertiary/aromatic N) is 4. The standard InChI is InChI=1S/C19H32N4O2/c1-6-14-12-23(13-16(14)22-7-9-25-10-8-22)18(24)15-11-17(19(2,3)4)20-21(15)5/h11,14,16H,6-10,12-13H2,1-5H3/t14-,16-/m0/s1. The summed E-state index contributed by atoms with van der Waals surface area (Å²) >= 11 is 0. The minimum atomic E-state index is -0.0520. The van der Waals surface area contributed by atoms with E-state index in [0.717, 1.165) is 51.5 Å². The molecule has 0 aromatic carbocycles. The Labute approximate surface area is 151 Å². The van der Waals surface area contributed by atoms with Gasteiger partial charge >= 0.3 is 0 Å². The van der Waals surface area contributed by atoms with E-state index in [1.54, 1.807) is 4.68 Å². The third-order valence-corrected chi connectivity index (χ3v) is 5.60. The number of amides is 1. The summed E-state index contributed by atoms with van der Waals surface area (Å²) in [5, 5.41) is 4.56. The van der Waals surface area contributed by atoms with Crippen LogP contribution in [-0.2, 0) is 17.2 Å². The van der Waals surface area contributed by atoms with E-state index >= 15 is 0 Å². The van der Waals surface area contributed by atoms with Crippen molar-refractivity contribution in [3.8, 4) is 0 Å². The second-order valence-corrected chi connectivity index (χ2v) is 8.38. The van der Waals surface area contributed by atoms with Crippen molar-refractivity contribution >= 4 is 5.91 Å². The van der Waals surface area contributed by atoms with Gasteiger partial charge in [0.05, 0.1) is 18.9 Å². The molecule has 0 bridgehead atoms. The molecule has 0 spiro atoms. The SMILES string of the molecule is CC[C@H]1CN(C(=O)c2cc(C(C)(C)C)nn2C)C[C@@H]1N1CCOCC1. The number of aryl methyl sites for hydroxylation is 1. The molecule has 1 aromatic heterocycles. The van der Waals surface area contributed by atoms with Gasteiger partial charge in [-0.25, -0.2) is 0 Å². The molecule has 1 aromatic rings. The number of aromatic nitrogens is 2. The Morgan fingerprint density at radius 2 is 1.96 bits per heavy atom. The van der Waals surface area contributed by atoms with Crippen molar-refractivity contribution in [2.45, 2.75) is 45.6 Å². The van der Waals surface area contributed by atoms with E-state index in [1.165, 1.54) is 0 Å². The molecule has 140 valence electrons. The maximum Gasteiger partial charge on any atom is 0.272 e. The molecule has 2 atom stereocenters. The molecule has 2 aliphatic rings. The first-order chi connectivity index (χ1) is 11.8. The largest absolute Gasteiger partial charge is 0.379 e. The van der Waals surface area contributed by atoms with E-state index in [9.17, 15) is 4.79 Å². The van der Waals surface area contributed by atoms with Crippen molar-refractivity contribution in [3.05, 3.63) is 17.5 Å². The first kappa shape index (κ1) is 18.4. The molecule has 2 fully saturated rings. The molecule has 6 heteroatoms. The minimum absolute atomic E-state index is 0.0520. The highest BCUT2D eigenvalue weighted by Crippen LogP contribution is 2.28. The zero-order chi connectivity index (χ0) is 18.2. The summed E-state index contributed by atoms with van der Waals surface area (Å²) in [6, 6.07) is 2.42. The molecule has 0 aliphatic carbocycles. The Morgan fingerprint density at radius 3 is 2.52 bits per heavy atom. The van der Waals surface area contributed by atoms with Crippen LogP contribution in [-0.4, -0.2) is 70.9 Å². The van der Waals surface area contributed by atoms with E-state index in [4.69, 9.17) is 4.74 Å². The number of morpholine rings is 1. The summed E-state index contributed by atoms with van der Waals surface area (Å²) in [5.74, 6) is 0.650. The first-order valence-electron chi connectivity index (χ1n) is 9.47. The average Bonchev–Trinajstić information content (AvgIpc) is 3.18. The Kier molecular flexibility index (Phi) is 5.21. The van der Waals surface area contributed by atoms with Crippen molar-refractivity contribution in [2.75, 3.05) is 39.4 Å². The van der Waals surface area contributed by atoms with Crippen LogP contribution in [0, 0.1) is 5.92 Å². The Bertz CT molecular complexity index is 613. The molecule has 3 heterocycles. The smallest absolute Gasteiger partial charge is 0.272 e. The number of carbonyl (C=O) groups excluding carboxylic acids is 1. The number of hydrogen-bond donors (Lipinski definition) is 0. The lowest BCUT2D eigenvalue weighted by Crippen LogP contribution is -2.47. The van der Waals surface area contributed by atoms with Gasteiger partial charge in [-0.15, -0.1) is 0 Å². The number of rotatable bonds is 3. The molecule has 2 aliphatic heterocycles. The highest BCUT2D eigenvalue weighted by Gasteiger charge is 2.39. The van der Waals surface area contributed by atoms with Gasteiger partial charge in [-0.1, -0.05) is 34.1 Å². The van der Waals surface area contributed by atoms with Crippen LogP contribution < -0.4 is 0 Å². The first-order valence-corrected chi connectivity index (χ1v) is 9.47. The van der Waals surface area contributed by atoms with Crippen LogP contribution in [0.5, 0.6) is 0 Å². The topological polar surface area (TPSA) is 50.6 Å². The lowest BCUT2D eigenvalue weighted by Gasteiger charge is -2.34. The number of ether oxygens (including phenoxy) is 1. The van der Waals surface area contributed by atoms with Crippen molar-refractivity contribution in [1.82, 2.24) is 19.6 Å². The zero-order valence-electron chi connectivity index (χ0n) is 16.3. The van der Waals surface area contributed by atoms with Gasteiger partial charge in [-0.2, -0.15) is 5.10 Å². The summed E-state index contributed by atoms with van der Waals surface area (Å²) in [7, 11) is 1.87. The van der Waals surface area contributed by atoms with Crippen molar-refractivity contribution in [2.24, 2.45) is 13.0 Å². The van der Waals surface area contributed by atoms with E-state index in [-0.39, 0.29) is 11.3 Å². The summed E-state index contributed by atoms with van der Waals surface area (Å²) in [6.45, 7) is 13.8. The third-order valence-electron chi connectivity index (χ3n) is 5.60. The number of hydrogen-bond acceptors (Lipinski definition) is 4. The quantitative estimate of drug-likeness (QED) is 0.837. The molecule has 0 N–H and O–H groups in total. The molecule has 0 unspecified atom stereocenters. The van der Waals surface area contributed by atoms with Crippen LogP contribution in [0.3, 0.4) is 0 Å². The maximum absolute atomic E-state index is 13.1. The van der Waals surface area contributed by atoms with Crippen molar-refractivity contribution < 1.29 is 9.53 Å². The summed E-state index contributed by atoms with van der Waals surface area (Å²) < 4.78 is 7.23. The fourth-order valence-corrected chi connectivity index (χ4v) is 3.94. The van der Waals surface area contributed by atoms with Gasteiger partial charge in [-0.05, 0) is 12.0 Å². The van der Waals surface area contributed by atoms with Crippen LogP contribution in [0.25, 0.3) is 0 Å². The normalized spacial score (nSPS) is 25.6. The van der Waals surface area contributed by atoms with Gasteiger partial charge < -0.3 is 9.64 Å². The molecule has 1 amide bonds. The van der Waals surface area contributed by atoms with Gasteiger partial charge in [0.1, 0.15) is 5.69 Å². The van der Waals surface area contributed by atoms with E-state index < -0.39 is 0 Å². The third kappa shape index (κ3) is 3.75. The maximum atomic E-state index is 13.1. The number of carbonyl (C=O) groups is 1. The van der Waals surface area contributed by atoms with Gasteiger partial charge in [0.2, 0.25) is 0 Å². The van der Waals surface area contributed by atoms with Gasteiger partial charge in [0.25, 0.3) is 5.91 Å². The van der Waals surface area contributed by atoms with Crippen molar-refractivity contribution in [3.63, 3.8) is 0 Å². The van der Waals surface area contributed by atoms with E-state index in [2.05, 4.69) is 37.7 Å². The molecule has 25 heavy (non-hydrogen) atoms. The predicted molar refractivity (Wildman–Crippen MR) is 97.8 cm³/mol. The molecule has 2 saturated heterocycles. The second-order valence-electron chi connectivity index (χ2n) is 8.38. The highest BCUT2D eigenvalue weighted by atomic mass is 16.5. The molecular weight excluding hydrogens is 316 g/mol. The van der Waals surface area contributed by atoms with Crippen LogP contribution in [0.4, 0.5) is 0 Å². The average molecular weight is 348 g/mol. The molecule has 0 radical (unpaired) electrons. The molecule has 0 saturated carbocycles. The Hall–Kier alpha value is -1.40. The van der Waals surface area contributed by atoms with Crippen LogP contribution in [0.1, 0.15) is 50.3 Å². The molecular formula is C19H32N4O2. The Balaban J connectivity index is 1.75.